The third-order valence-corrected chi connectivity index (χ3v) is 8.02. The molecule has 1 aliphatic carbocycles. The Morgan fingerprint density at radius 2 is 1.45 bits per heavy atom. The van der Waals surface area contributed by atoms with Gasteiger partial charge < -0.3 is 0 Å². The molecular weight excluding hydrogens is 506 g/mol. The average Bonchev–Trinajstić information content (AvgIpc) is 3.26. The van der Waals surface area contributed by atoms with Gasteiger partial charge in [-0.2, -0.15) is 0 Å². The van der Waals surface area contributed by atoms with Crippen molar-refractivity contribution in [1.82, 2.24) is 9.19 Å². The summed E-state index contributed by atoms with van der Waals surface area (Å²) in [4.78, 5) is 27.1. The second-order valence-electron chi connectivity index (χ2n) is 7.23. The van der Waals surface area contributed by atoms with Crippen molar-refractivity contribution in [2.75, 3.05) is 14.2 Å². The number of hydrogen-bond donors (Lipinski definition) is 0. The number of carbonyl (C=O) groups excluding carboxylic acids is 2. The molecule has 6 nitrogen and oxygen atoms in total. The molecule has 1 heterocycles. The normalized spacial score (nSPS) is 19.4. The van der Waals surface area contributed by atoms with Gasteiger partial charge in [-0.05, 0) is 0 Å². The number of esters is 2. The van der Waals surface area contributed by atoms with Crippen molar-refractivity contribution in [1.29, 1.82) is 0 Å². The Bertz CT molecular complexity index is 1100. The van der Waals surface area contributed by atoms with Gasteiger partial charge in [0.15, 0.2) is 0 Å². The van der Waals surface area contributed by atoms with Crippen LogP contribution >= 0.6 is 23.2 Å². The fourth-order valence-corrected chi connectivity index (χ4v) is 6.53. The van der Waals surface area contributed by atoms with Crippen LogP contribution in [0.15, 0.2) is 48.5 Å². The Labute approximate surface area is 195 Å². The van der Waals surface area contributed by atoms with E-state index in [2.05, 4.69) is 9.19 Å². The SMILES string of the molecule is COC(=O)C1(C(=O)OC)C(c2ccc(Cl)cc2)Cc2nn[se]c2C1c1ccc(Cl)cc1. The zero-order chi connectivity index (χ0) is 22.2. The molecule has 1 aromatic heterocycles. The van der Waals surface area contributed by atoms with Crippen LogP contribution in [0.5, 0.6) is 0 Å². The van der Waals surface area contributed by atoms with Crippen LogP contribution < -0.4 is 0 Å². The van der Waals surface area contributed by atoms with Gasteiger partial charge in [-0.25, -0.2) is 0 Å². The second kappa shape index (κ2) is 8.75. The maximum absolute atomic E-state index is 13.5. The minimum atomic E-state index is -1.65. The zero-order valence-electron chi connectivity index (χ0n) is 16.7. The monoisotopic (exact) mass is 524 g/mol. The molecule has 0 spiro atoms. The Morgan fingerprint density at radius 3 is 1.97 bits per heavy atom. The van der Waals surface area contributed by atoms with E-state index in [1.165, 1.54) is 14.2 Å². The molecule has 0 amide bonds. The molecule has 0 N–H and O–H groups in total. The van der Waals surface area contributed by atoms with Crippen LogP contribution in [-0.4, -0.2) is 50.1 Å². The predicted octanol–water partition coefficient (Wildman–Crippen LogP) is 3.64. The van der Waals surface area contributed by atoms with Crippen molar-refractivity contribution >= 4 is 49.9 Å². The van der Waals surface area contributed by atoms with Gasteiger partial charge in [-0.1, -0.05) is 0 Å². The molecule has 3 aromatic rings. The zero-order valence-corrected chi connectivity index (χ0v) is 19.9. The number of halogens is 2. The van der Waals surface area contributed by atoms with Gasteiger partial charge in [0.1, 0.15) is 0 Å². The van der Waals surface area contributed by atoms with Crippen molar-refractivity contribution in [2.24, 2.45) is 5.41 Å². The van der Waals surface area contributed by atoms with E-state index < -0.39 is 29.2 Å². The first-order valence-corrected chi connectivity index (χ1v) is 11.8. The second-order valence-corrected chi connectivity index (χ2v) is 9.75. The van der Waals surface area contributed by atoms with E-state index in [1.807, 2.05) is 24.3 Å². The molecule has 160 valence electrons. The summed E-state index contributed by atoms with van der Waals surface area (Å²) in [6, 6.07) is 14.2. The Hall–Kier alpha value is -2.18. The third-order valence-electron chi connectivity index (χ3n) is 5.77. The average molecular weight is 524 g/mol. The number of hydrogen-bond acceptors (Lipinski definition) is 6. The number of ether oxygens (including phenoxy) is 2. The summed E-state index contributed by atoms with van der Waals surface area (Å²) in [6.07, 6.45) is 0.358. The van der Waals surface area contributed by atoms with E-state index in [1.54, 1.807) is 24.3 Å². The number of rotatable bonds is 4. The number of carbonyl (C=O) groups is 2. The van der Waals surface area contributed by atoms with E-state index >= 15 is 0 Å². The third kappa shape index (κ3) is 3.60. The van der Waals surface area contributed by atoms with Crippen molar-refractivity contribution < 1.29 is 19.1 Å². The van der Waals surface area contributed by atoms with Crippen molar-refractivity contribution in [3.8, 4) is 0 Å². The van der Waals surface area contributed by atoms with Crippen LogP contribution in [0.25, 0.3) is 0 Å². The Kier molecular flexibility index (Phi) is 6.22. The number of nitrogens with zero attached hydrogens (tertiary/aromatic N) is 2. The number of fused-ring (bicyclic) bond motifs is 1. The van der Waals surface area contributed by atoms with E-state index in [-0.39, 0.29) is 14.7 Å². The number of methoxy groups -OCH3 is 2. The van der Waals surface area contributed by atoms with Gasteiger partial charge in [0, 0.05) is 0 Å². The summed E-state index contributed by atoms with van der Waals surface area (Å²) >= 11 is 11.9. The van der Waals surface area contributed by atoms with Gasteiger partial charge in [0.2, 0.25) is 0 Å². The molecule has 2 atom stereocenters. The molecule has 31 heavy (non-hydrogen) atoms. The molecule has 0 bridgehead atoms. The van der Waals surface area contributed by atoms with Gasteiger partial charge >= 0.3 is 196 Å². The minimum absolute atomic E-state index is 0.349. The summed E-state index contributed by atoms with van der Waals surface area (Å²) in [5, 5.41) is 5.46. The summed E-state index contributed by atoms with van der Waals surface area (Å²) in [5.74, 6) is -2.55. The van der Waals surface area contributed by atoms with Crippen LogP contribution in [0.3, 0.4) is 0 Å². The molecule has 0 fully saturated rings. The molecule has 2 aromatic carbocycles. The number of aromatic nitrogens is 2. The van der Waals surface area contributed by atoms with E-state index in [9.17, 15) is 9.59 Å². The van der Waals surface area contributed by atoms with Crippen LogP contribution in [0.4, 0.5) is 0 Å². The van der Waals surface area contributed by atoms with Gasteiger partial charge in [-0.15, -0.1) is 0 Å². The molecule has 2 unspecified atom stereocenters. The summed E-state index contributed by atoms with van der Waals surface area (Å²) in [6.45, 7) is 0. The molecule has 4 rings (SSSR count). The van der Waals surface area contributed by atoms with Crippen LogP contribution in [0.1, 0.15) is 33.1 Å². The first-order valence-electron chi connectivity index (χ1n) is 9.42. The first-order chi connectivity index (χ1) is 14.9. The predicted molar refractivity (Wildman–Crippen MR) is 117 cm³/mol. The Balaban J connectivity index is 2.05. The quantitative estimate of drug-likeness (QED) is 0.295. The molecule has 0 aliphatic heterocycles. The van der Waals surface area contributed by atoms with E-state index in [0.717, 1.165) is 21.3 Å². The van der Waals surface area contributed by atoms with Gasteiger partial charge in [0.05, 0.1) is 0 Å². The van der Waals surface area contributed by atoms with Crippen molar-refractivity contribution in [3.63, 3.8) is 0 Å². The molecular formula is C22H18Cl2N2O4Se. The summed E-state index contributed by atoms with van der Waals surface area (Å²) in [7, 11) is 2.56. The standard InChI is InChI=1S/C22H18Cl2N2O4Se/c1-29-20(27)22(21(28)30-2)16(12-3-7-14(23)8-4-12)11-17-19(31-26-25-17)18(22)13-5-9-15(24)10-6-13/h3-10,16,18H,11H2,1-2H3. The van der Waals surface area contributed by atoms with Gasteiger partial charge in [0.25, 0.3) is 0 Å². The first kappa shape index (κ1) is 22.0. The van der Waals surface area contributed by atoms with Crippen molar-refractivity contribution in [3.05, 3.63) is 79.8 Å². The van der Waals surface area contributed by atoms with Crippen LogP contribution in [0, 0.1) is 5.41 Å². The summed E-state index contributed by atoms with van der Waals surface area (Å²) in [5.41, 5.74) is 0.658. The molecule has 0 saturated carbocycles. The van der Waals surface area contributed by atoms with Crippen LogP contribution in [0.2, 0.25) is 10.0 Å². The van der Waals surface area contributed by atoms with Crippen molar-refractivity contribution in [2.45, 2.75) is 18.3 Å². The fourth-order valence-electron chi connectivity index (χ4n) is 4.43. The number of benzene rings is 2. The molecule has 1 aliphatic rings. The fraction of sp³-hybridized carbons (Fsp3) is 0.273. The molecule has 0 saturated heterocycles. The molecule has 0 radical (unpaired) electrons. The molecule has 9 heteroatoms. The maximum atomic E-state index is 13.5. The van der Waals surface area contributed by atoms with Crippen LogP contribution in [-0.2, 0) is 25.5 Å². The summed E-state index contributed by atoms with van der Waals surface area (Å²) < 4.78 is 15.6. The van der Waals surface area contributed by atoms with Gasteiger partial charge in [-0.3, -0.25) is 0 Å². The van der Waals surface area contributed by atoms with E-state index in [4.69, 9.17) is 32.7 Å². The van der Waals surface area contributed by atoms with E-state index in [0.29, 0.717) is 16.5 Å². The Morgan fingerprint density at radius 1 is 0.935 bits per heavy atom. The topological polar surface area (TPSA) is 78.4 Å².